The highest BCUT2D eigenvalue weighted by molar-refractivity contribution is 5.70. The first-order valence-corrected chi connectivity index (χ1v) is 22.6. The van der Waals surface area contributed by atoms with Crippen molar-refractivity contribution in [2.75, 3.05) is 19.8 Å². The molecule has 0 aromatic rings. The van der Waals surface area contributed by atoms with Crippen LogP contribution < -0.4 is 0 Å². The van der Waals surface area contributed by atoms with Crippen molar-refractivity contribution >= 4 is 11.9 Å². The third-order valence-corrected chi connectivity index (χ3v) is 10.7. The summed E-state index contributed by atoms with van der Waals surface area (Å²) >= 11 is 0. The number of hydrogen-bond acceptors (Lipinski definition) is 10. The lowest BCUT2D eigenvalue weighted by Gasteiger charge is -2.39. The van der Waals surface area contributed by atoms with Crippen molar-refractivity contribution < 1.29 is 49.0 Å². The summed E-state index contributed by atoms with van der Waals surface area (Å²) in [6.07, 6.45) is 28.3. The van der Waals surface area contributed by atoms with E-state index in [1.807, 2.05) is 0 Å². The standard InChI is InChI=1S/C44H84O10/c1-3-5-7-9-11-13-15-16-17-18-19-20-21-22-23-25-27-29-31-33-40(47)53-37(36-52-44-43(50)42(49)41(48)38(34-45)54-44)35-51-39(46)32-30-28-26-24-14-12-10-8-6-4-2/h37-38,41-45,48-50H,3-36H2,1-2H3/t37-,38-,41+,42?,43?,44-/m1/s1. The van der Waals surface area contributed by atoms with Gasteiger partial charge < -0.3 is 39.4 Å². The van der Waals surface area contributed by atoms with Crippen molar-refractivity contribution in [3.63, 3.8) is 0 Å². The second-order valence-electron chi connectivity index (χ2n) is 15.9. The largest absolute Gasteiger partial charge is 0.462 e. The van der Waals surface area contributed by atoms with E-state index in [4.69, 9.17) is 18.9 Å². The molecule has 0 saturated carbocycles. The van der Waals surface area contributed by atoms with Gasteiger partial charge in [0.05, 0.1) is 13.2 Å². The first-order chi connectivity index (χ1) is 26.3. The molecule has 320 valence electrons. The Kier molecular flexibility index (Phi) is 33.9. The summed E-state index contributed by atoms with van der Waals surface area (Å²) in [6.45, 7) is 3.43. The lowest BCUT2D eigenvalue weighted by Crippen LogP contribution is -2.59. The number of carbonyl (C=O) groups is 2. The minimum atomic E-state index is -1.59. The topological polar surface area (TPSA) is 152 Å². The molecule has 0 radical (unpaired) electrons. The Balaban J connectivity index is 2.27. The fourth-order valence-corrected chi connectivity index (χ4v) is 7.13. The van der Waals surface area contributed by atoms with Gasteiger partial charge >= 0.3 is 11.9 Å². The molecule has 0 aliphatic carbocycles. The maximum absolute atomic E-state index is 12.8. The molecule has 0 bridgehead atoms. The van der Waals surface area contributed by atoms with E-state index in [1.54, 1.807) is 0 Å². The van der Waals surface area contributed by atoms with Gasteiger partial charge in [-0.05, 0) is 12.8 Å². The normalized spacial score (nSPS) is 20.6. The van der Waals surface area contributed by atoms with Gasteiger partial charge in [-0.25, -0.2) is 0 Å². The summed E-state index contributed by atoms with van der Waals surface area (Å²) in [5, 5.41) is 40.0. The number of aliphatic hydroxyl groups is 4. The van der Waals surface area contributed by atoms with Crippen molar-refractivity contribution in [1.29, 1.82) is 0 Å². The molecule has 1 heterocycles. The van der Waals surface area contributed by atoms with Gasteiger partial charge in [0.25, 0.3) is 0 Å². The molecule has 1 rings (SSSR count). The van der Waals surface area contributed by atoms with Crippen molar-refractivity contribution in [2.45, 2.75) is 250 Å². The van der Waals surface area contributed by atoms with E-state index in [9.17, 15) is 30.0 Å². The van der Waals surface area contributed by atoms with Crippen LogP contribution in [-0.2, 0) is 28.5 Å². The van der Waals surface area contributed by atoms with Crippen molar-refractivity contribution in [3.8, 4) is 0 Å². The molecule has 0 spiro atoms. The van der Waals surface area contributed by atoms with E-state index in [-0.39, 0.29) is 32.0 Å². The summed E-state index contributed by atoms with van der Waals surface area (Å²) in [4.78, 5) is 25.2. The van der Waals surface area contributed by atoms with Gasteiger partial charge in [0.1, 0.15) is 31.0 Å². The smallest absolute Gasteiger partial charge is 0.306 e. The molecule has 1 aliphatic rings. The number of carbonyl (C=O) groups excluding carboxylic acids is 2. The Hall–Kier alpha value is -1.30. The zero-order chi connectivity index (χ0) is 39.5. The molecule has 10 nitrogen and oxygen atoms in total. The van der Waals surface area contributed by atoms with Crippen LogP contribution in [0.5, 0.6) is 0 Å². The number of rotatable bonds is 38. The summed E-state index contributed by atoms with van der Waals surface area (Å²) in [5.41, 5.74) is 0. The highest BCUT2D eigenvalue weighted by atomic mass is 16.7. The van der Waals surface area contributed by atoms with Crippen LogP contribution >= 0.6 is 0 Å². The van der Waals surface area contributed by atoms with Crippen LogP contribution in [0.2, 0.25) is 0 Å². The van der Waals surface area contributed by atoms with Crippen LogP contribution in [0.25, 0.3) is 0 Å². The molecule has 0 aromatic carbocycles. The Morgan fingerprint density at radius 3 is 1.26 bits per heavy atom. The summed E-state index contributed by atoms with van der Waals surface area (Å²) in [5.74, 6) is -0.794. The summed E-state index contributed by atoms with van der Waals surface area (Å²) in [7, 11) is 0. The lowest BCUT2D eigenvalue weighted by molar-refractivity contribution is -0.305. The highest BCUT2D eigenvalue weighted by Gasteiger charge is 2.44. The molecular formula is C44H84O10. The van der Waals surface area contributed by atoms with E-state index in [2.05, 4.69) is 13.8 Å². The van der Waals surface area contributed by atoms with Gasteiger partial charge in [0.2, 0.25) is 0 Å². The van der Waals surface area contributed by atoms with Crippen molar-refractivity contribution in [3.05, 3.63) is 0 Å². The third kappa shape index (κ3) is 27.3. The molecule has 0 aromatic heterocycles. The zero-order valence-electron chi connectivity index (χ0n) is 34.7. The summed E-state index contributed by atoms with van der Waals surface area (Å²) in [6, 6.07) is 0. The molecule has 6 atom stereocenters. The van der Waals surface area contributed by atoms with Crippen molar-refractivity contribution in [2.24, 2.45) is 0 Å². The van der Waals surface area contributed by atoms with E-state index in [1.165, 1.54) is 141 Å². The minimum absolute atomic E-state index is 0.209. The molecule has 1 fully saturated rings. The number of hydrogen-bond donors (Lipinski definition) is 4. The van der Waals surface area contributed by atoms with Crippen LogP contribution in [-0.4, -0.2) is 89.0 Å². The van der Waals surface area contributed by atoms with E-state index < -0.39 is 49.4 Å². The Morgan fingerprint density at radius 2 is 0.870 bits per heavy atom. The fourth-order valence-electron chi connectivity index (χ4n) is 7.13. The van der Waals surface area contributed by atoms with Crippen LogP contribution in [0.3, 0.4) is 0 Å². The predicted molar refractivity (Wildman–Crippen MR) is 215 cm³/mol. The number of unbranched alkanes of at least 4 members (excludes halogenated alkanes) is 27. The van der Waals surface area contributed by atoms with Crippen LogP contribution in [0, 0.1) is 0 Å². The second-order valence-corrected chi connectivity index (χ2v) is 15.9. The van der Waals surface area contributed by atoms with Crippen LogP contribution in [0.15, 0.2) is 0 Å². The molecular weight excluding hydrogens is 688 g/mol. The maximum Gasteiger partial charge on any atom is 0.306 e. The Bertz CT molecular complexity index is 855. The van der Waals surface area contributed by atoms with E-state index in [0.29, 0.717) is 6.42 Å². The van der Waals surface area contributed by atoms with Gasteiger partial charge in [0.15, 0.2) is 12.4 Å². The van der Waals surface area contributed by atoms with E-state index in [0.717, 1.165) is 38.5 Å². The maximum atomic E-state index is 12.8. The highest BCUT2D eigenvalue weighted by Crippen LogP contribution is 2.23. The average Bonchev–Trinajstić information content (AvgIpc) is 3.17. The fraction of sp³-hybridized carbons (Fsp3) is 0.955. The minimum Gasteiger partial charge on any atom is -0.462 e. The molecule has 0 amide bonds. The van der Waals surface area contributed by atoms with Crippen molar-refractivity contribution in [1.82, 2.24) is 0 Å². The van der Waals surface area contributed by atoms with Gasteiger partial charge in [-0.2, -0.15) is 0 Å². The van der Waals surface area contributed by atoms with E-state index >= 15 is 0 Å². The quantitative estimate of drug-likeness (QED) is 0.0353. The lowest BCUT2D eigenvalue weighted by atomic mass is 9.99. The van der Waals surface area contributed by atoms with Gasteiger partial charge in [-0.15, -0.1) is 0 Å². The van der Waals surface area contributed by atoms with Gasteiger partial charge in [0, 0.05) is 12.8 Å². The number of aliphatic hydroxyl groups excluding tert-OH is 4. The van der Waals surface area contributed by atoms with Gasteiger partial charge in [-0.1, -0.05) is 187 Å². The number of esters is 2. The average molecular weight is 773 g/mol. The first kappa shape index (κ1) is 50.7. The Labute approximate surface area is 329 Å². The molecule has 54 heavy (non-hydrogen) atoms. The van der Waals surface area contributed by atoms with Crippen LogP contribution in [0.4, 0.5) is 0 Å². The second kappa shape index (κ2) is 36.1. The zero-order valence-corrected chi connectivity index (χ0v) is 34.7. The first-order valence-electron chi connectivity index (χ1n) is 22.6. The molecule has 1 aliphatic heterocycles. The SMILES string of the molecule is CCCCCCCCCCCCCCCCCCCCCC(=O)O[C@H](COC(=O)CCCCCCCCCCCC)CO[C@@H]1O[C@H](CO)[C@H](O)C(O)C1O. The Morgan fingerprint density at radius 1 is 0.500 bits per heavy atom. The molecule has 1 saturated heterocycles. The summed E-state index contributed by atoms with van der Waals surface area (Å²) < 4.78 is 22.1. The predicted octanol–water partition coefficient (Wildman–Crippen LogP) is 9.39. The molecule has 4 N–H and O–H groups in total. The third-order valence-electron chi connectivity index (χ3n) is 10.7. The van der Waals surface area contributed by atoms with Gasteiger partial charge in [-0.3, -0.25) is 9.59 Å². The van der Waals surface area contributed by atoms with Crippen LogP contribution in [0.1, 0.15) is 213 Å². The monoisotopic (exact) mass is 773 g/mol. The number of ether oxygens (including phenoxy) is 4. The molecule has 10 heteroatoms. The molecule has 2 unspecified atom stereocenters.